The molecule has 1 aliphatic heterocycles. The molecule has 1 aromatic carbocycles. The van der Waals surface area contributed by atoms with E-state index in [1.165, 1.54) is 11.3 Å². The number of esters is 1. The fourth-order valence-electron chi connectivity index (χ4n) is 2.80. The molecule has 0 saturated heterocycles. The summed E-state index contributed by atoms with van der Waals surface area (Å²) in [5.41, 5.74) is 2.65. The first-order valence-electron chi connectivity index (χ1n) is 7.51. The van der Waals surface area contributed by atoms with Crippen molar-refractivity contribution in [3.63, 3.8) is 0 Å². The molecule has 2 aromatic heterocycles. The Balaban J connectivity index is 1.99. The standard InChI is InChI=1S/C17H14N2O3S2/c1-2-22-17(20)14-12-10-24(21)13-8-9-23-16(13)15(12)19(18-14)11-6-4-3-5-7-11/h3-9H,2,10H2,1H3. The van der Waals surface area contributed by atoms with Crippen LogP contribution in [0.1, 0.15) is 23.0 Å². The van der Waals surface area contributed by atoms with Gasteiger partial charge in [0.25, 0.3) is 0 Å². The second-order valence-electron chi connectivity index (χ2n) is 5.25. The van der Waals surface area contributed by atoms with E-state index in [0.29, 0.717) is 5.56 Å². The summed E-state index contributed by atoms with van der Waals surface area (Å²) in [5, 5.41) is 6.43. The minimum absolute atomic E-state index is 0.253. The van der Waals surface area contributed by atoms with Crippen LogP contribution in [0, 0.1) is 0 Å². The number of carbonyl (C=O) groups excluding carboxylic acids is 1. The molecule has 1 atom stereocenters. The van der Waals surface area contributed by atoms with Crippen LogP contribution in [0.2, 0.25) is 0 Å². The van der Waals surface area contributed by atoms with Gasteiger partial charge >= 0.3 is 5.97 Å². The summed E-state index contributed by atoms with van der Waals surface area (Å²) in [4.78, 5) is 14.0. The molecule has 5 nitrogen and oxygen atoms in total. The molecule has 7 heteroatoms. The minimum Gasteiger partial charge on any atom is -0.461 e. The third-order valence-electron chi connectivity index (χ3n) is 3.82. The predicted molar refractivity (Wildman–Crippen MR) is 92.9 cm³/mol. The Morgan fingerprint density at radius 3 is 2.88 bits per heavy atom. The van der Waals surface area contributed by atoms with Crippen molar-refractivity contribution >= 4 is 28.1 Å². The third kappa shape index (κ3) is 2.32. The van der Waals surface area contributed by atoms with E-state index >= 15 is 0 Å². The second-order valence-corrected chi connectivity index (χ2v) is 7.58. The Hall–Kier alpha value is -2.25. The molecule has 0 radical (unpaired) electrons. The number of hydrogen-bond acceptors (Lipinski definition) is 5. The lowest BCUT2D eigenvalue weighted by Crippen LogP contribution is -2.11. The van der Waals surface area contributed by atoms with Crippen molar-refractivity contribution in [3.05, 3.63) is 53.0 Å². The Bertz CT molecular complexity index is 944. The molecule has 0 saturated carbocycles. The number of nitrogens with zero attached hydrogens (tertiary/aromatic N) is 2. The number of thiophene rings is 1. The maximum Gasteiger partial charge on any atom is 0.359 e. The summed E-state index contributed by atoms with van der Waals surface area (Å²) >= 11 is 1.51. The van der Waals surface area contributed by atoms with Gasteiger partial charge in [0, 0.05) is 5.56 Å². The number of rotatable bonds is 3. The highest BCUT2D eigenvalue weighted by Crippen LogP contribution is 2.42. The van der Waals surface area contributed by atoms with Crippen LogP contribution in [-0.4, -0.2) is 26.6 Å². The van der Waals surface area contributed by atoms with Gasteiger partial charge in [-0.2, -0.15) is 5.10 Å². The van der Waals surface area contributed by atoms with Crippen molar-refractivity contribution in [2.24, 2.45) is 0 Å². The monoisotopic (exact) mass is 358 g/mol. The first kappa shape index (κ1) is 15.3. The van der Waals surface area contributed by atoms with E-state index in [1.54, 1.807) is 11.6 Å². The van der Waals surface area contributed by atoms with Crippen molar-refractivity contribution in [1.82, 2.24) is 9.78 Å². The smallest absolute Gasteiger partial charge is 0.359 e. The first-order chi connectivity index (χ1) is 11.7. The Kier molecular flexibility index (Phi) is 3.82. The van der Waals surface area contributed by atoms with Crippen LogP contribution in [0.3, 0.4) is 0 Å². The lowest BCUT2D eigenvalue weighted by atomic mass is 10.1. The zero-order chi connectivity index (χ0) is 16.7. The summed E-state index contributed by atoms with van der Waals surface area (Å²) in [6, 6.07) is 11.5. The number of fused-ring (bicyclic) bond motifs is 3. The molecule has 3 aromatic rings. The molecule has 0 spiro atoms. The molecule has 0 fully saturated rings. The molecule has 0 bridgehead atoms. The van der Waals surface area contributed by atoms with Gasteiger partial charge in [-0.15, -0.1) is 11.3 Å². The van der Waals surface area contributed by atoms with Crippen LogP contribution >= 0.6 is 11.3 Å². The molecule has 0 N–H and O–H groups in total. The van der Waals surface area contributed by atoms with Gasteiger partial charge in [0.1, 0.15) is 0 Å². The normalized spacial score (nSPS) is 15.6. The van der Waals surface area contributed by atoms with Crippen molar-refractivity contribution in [3.8, 4) is 16.3 Å². The zero-order valence-electron chi connectivity index (χ0n) is 12.9. The summed E-state index contributed by atoms with van der Waals surface area (Å²) in [6.45, 7) is 2.03. The number of carbonyl (C=O) groups is 1. The SMILES string of the molecule is CCOC(=O)c1nn(-c2ccccc2)c2c1CS(=O)c1ccsc1-2. The van der Waals surface area contributed by atoms with Gasteiger partial charge in [-0.1, -0.05) is 18.2 Å². The highest BCUT2D eigenvalue weighted by molar-refractivity contribution is 7.84. The van der Waals surface area contributed by atoms with Gasteiger partial charge in [-0.3, -0.25) is 4.21 Å². The molecule has 4 rings (SSSR count). The van der Waals surface area contributed by atoms with E-state index in [0.717, 1.165) is 21.2 Å². The molecular weight excluding hydrogens is 344 g/mol. The molecule has 122 valence electrons. The minimum atomic E-state index is -1.17. The van der Waals surface area contributed by atoms with Crippen molar-refractivity contribution in [2.75, 3.05) is 6.61 Å². The van der Waals surface area contributed by atoms with Gasteiger partial charge in [-0.05, 0) is 30.5 Å². The van der Waals surface area contributed by atoms with E-state index < -0.39 is 16.8 Å². The number of benzene rings is 1. The molecule has 1 aliphatic rings. The third-order valence-corrected chi connectivity index (χ3v) is 6.25. The van der Waals surface area contributed by atoms with Crippen molar-refractivity contribution in [1.29, 1.82) is 0 Å². The Morgan fingerprint density at radius 1 is 1.33 bits per heavy atom. The maximum atomic E-state index is 12.5. The van der Waals surface area contributed by atoms with E-state index in [1.807, 2.05) is 41.8 Å². The van der Waals surface area contributed by atoms with Crippen LogP contribution < -0.4 is 0 Å². The fraction of sp³-hybridized carbons (Fsp3) is 0.176. The predicted octanol–water partition coefficient (Wildman–Crippen LogP) is 3.40. The lowest BCUT2D eigenvalue weighted by Gasteiger charge is -2.14. The average Bonchev–Trinajstić information content (AvgIpc) is 3.20. The van der Waals surface area contributed by atoms with Crippen LogP contribution in [-0.2, 0) is 21.3 Å². The van der Waals surface area contributed by atoms with Gasteiger partial charge in [0.05, 0.1) is 44.3 Å². The van der Waals surface area contributed by atoms with Crippen LogP contribution in [0.25, 0.3) is 16.3 Å². The highest BCUT2D eigenvalue weighted by Gasteiger charge is 2.33. The average molecular weight is 358 g/mol. The van der Waals surface area contributed by atoms with Gasteiger partial charge in [0.15, 0.2) is 5.69 Å². The summed E-state index contributed by atoms with van der Waals surface area (Å²) in [5.74, 6) is -0.194. The number of ether oxygens (including phenoxy) is 1. The maximum absolute atomic E-state index is 12.5. The number of aromatic nitrogens is 2. The quantitative estimate of drug-likeness (QED) is 0.673. The molecule has 0 amide bonds. The zero-order valence-corrected chi connectivity index (χ0v) is 14.5. The first-order valence-corrected chi connectivity index (χ1v) is 9.71. The van der Waals surface area contributed by atoms with Crippen LogP contribution in [0.4, 0.5) is 0 Å². The van der Waals surface area contributed by atoms with Crippen LogP contribution in [0.5, 0.6) is 0 Å². The summed E-state index contributed by atoms with van der Waals surface area (Å²) in [7, 11) is -1.17. The Morgan fingerprint density at radius 2 is 2.12 bits per heavy atom. The Labute approximate surface area is 145 Å². The fourth-order valence-corrected chi connectivity index (χ4v) is 5.37. The topological polar surface area (TPSA) is 61.2 Å². The lowest BCUT2D eigenvalue weighted by molar-refractivity contribution is 0.0518. The molecule has 1 unspecified atom stereocenters. The van der Waals surface area contributed by atoms with Gasteiger partial charge in [-0.25, -0.2) is 9.48 Å². The summed E-state index contributed by atoms with van der Waals surface area (Å²) in [6.07, 6.45) is 0. The van der Waals surface area contributed by atoms with Crippen LogP contribution in [0.15, 0.2) is 46.7 Å². The van der Waals surface area contributed by atoms with Crippen molar-refractivity contribution < 1.29 is 13.7 Å². The summed E-state index contributed by atoms with van der Waals surface area (Å²) < 4.78 is 19.4. The molecule has 24 heavy (non-hydrogen) atoms. The van der Waals surface area contributed by atoms with Gasteiger partial charge < -0.3 is 4.74 Å². The van der Waals surface area contributed by atoms with E-state index in [2.05, 4.69) is 5.10 Å². The van der Waals surface area contributed by atoms with Gasteiger partial charge in [0.2, 0.25) is 0 Å². The van der Waals surface area contributed by atoms with E-state index in [4.69, 9.17) is 4.74 Å². The van der Waals surface area contributed by atoms with Crippen molar-refractivity contribution in [2.45, 2.75) is 17.6 Å². The number of hydrogen-bond donors (Lipinski definition) is 0. The highest BCUT2D eigenvalue weighted by atomic mass is 32.2. The second kappa shape index (κ2) is 5.99. The molecular formula is C17H14N2O3S2. The van der Waals surface area contributed by atoms with E-state index in [-0.39, 0.29) is 18.1 Å². The molecule has 3 heterocycles. The largest absolute Gasteiger partial charge is 0.461 e. The van der Waals surface area contributed by atoms with E-state index in [9.17, 15) is 9.00 Å². The number of para-hydroxylation sites is 1. The molecule has 0 aliphatic carbocycles.